The van der Waals surface area contributed by atoms with Gasteiger partial charge in [-0.15, -0.1) is 6.58 Å². The Labute approximate surface area is 76.9 Å². The number of imidazole rings is 1. The first-order valence-corrected chi connectivity index (χ1v) is 5.18. The van der Waals surface area contributed by atoms with E-state index in [4.69, 9.17) is 0 Å². The number of nitrogens with zero attached hydrogens (tertiary/aromatic N) is 1. The molecule has 0 saturated heterocycles. The molecule has 72 valence electrons. The van der Waals surface area contributed by atoms with Crippen LogP contribution in [0.2, 0.25) is 0 Å². The highest BCUT2D eigenvalue weighted by atomic mass is 32.2. The second-order valence-electron chi connectivity index (χ2n) is 2.56. The first-order valence-electron chi connectivity index (χ1n) is 3.69. The molecule has 0 spiro atoms. The topological polar surface area (TPSA) is 74.8 Å². The number of H-pyrrole nitrogens is 1. The summed E-state index contributed by atoms with van der Waals surface area (Å²) in [6.07, 6.45) is 4.07. The molecule has 0 bridgehead atoms. The van der Waals surface area contributed by atoms with Crippen molar-refractivity contribution in [2.24, 2.45) is 0 Å². The maximum Gasteiger partial charge on any atom is 0.258 e. The van der Waals surface area contributed by atoms with E-state index in [1.165, 1.54) is 18.6 Å². The van der Waals surface area contributed by atoms with Gasteiger partial charge in [0, 0.05) is 6.04 Å². The van der Waals surface area contributed by atoms with E-state index in [0.29, 0.717) is 0 Å². The van der Waals surface area contributed by atoms with E-state index in [1.54, 1.807) is 6.92 Å². The summed E-state index contributed by atoms with van der Waals surface area (Å²) in [5.41, 5.74) is 0. The smallest absolute Gasteiger partial charge is 0.258 e. The average Bonchev–Trinajstić information content (AvgIpc) is 2.55. The third kappa shape index (κ3) is 2.40. The first kappa shape index (κ1) is 9.94. The molecule has 6 heteroatoms. The Bertz CT molecular complexity index is 368. The normalized spacial score (nSPS) is 13.9. The van der Waals surface area contributed by atoms with Crippen LogP contribution in [0.4, 0.5) is 0 Å². The zero-order valence-corrected chi connectivity index (χ0v) is 8.00. The zero-order chi connectivity index (χ0) is 9.90. The lowest BCUT2D eigenvalue weighted by Crippen LogP contribution is -2.31. The van der Waals surface area contributed by atoms with Gasteiger partial charge >= 0.3 is 0 Å². The zero-order valence-electron chi connectivity index (χ0n) is 7.19. The maximum absolute atomic E-state index is 11.4. The minimum atomic E-state index is -3.47. The van der Waals surface area contributed by atoms with Crippen molar-refractivity contribution in [3.63, 3.8) is 0 Å². The van der Waals surface area contributed by atoms with Crippen LogP contribution >= 0.6 is 0 Å². The highest BCUT2D eigenvalue weighted by Crippen LogP contribution is 2.02. The van der Waals surface area contributed by atoms with E-state index in [9.17, 15) is 8.42 Å². The molecule has 0 amide bonds. The number of rotatable bonds is 4. The fourth-order valence-corrected chi connectivity index (χ4v) is 1.87. The molecule has 1 aromatic rings. The Morgan fingerprint density at radius 1 is 1.77 bits per heavy atom. The van der Waals surface area contributed by atoms with Crippen molar-refractivity contribution in [2.45, 2.75) is 18.0 Å². The highest BCUT2D eigenvalue weighted by molar-refractivity contribution is 7.89. The van der Waals surface area contributed by atoms with Crippen LogP contribution in [0.3, 0.4) is 0 Å². The van der Waals surface area contributed by atoms with Crippen molar-refractivity contribution in [3.8, 4) is 0 Å². The van der Waals surface area contributed by atoms with E-state index >= 15 is 0 Å². The van der Waals surface area contributed by atoms with E-state index in [2.05, 4.69) is 21.3 Å². The number of hydrogen-bond acceptors (Lipinski definition) is 3. The van der Waals surface area contributed by atoms with Gasteiger partial charge in [-0.25, -0.2) is 18.1 Å². The van der Waals surface area contributed by atoms with Crippen molar-refractivity contribution in [3.05, 3.63) is 25.2 Å². The summed E-state index contributed by atoms with van der Waals surface area (Å²) >= 11 is 0. The first-order chi connectivity index (χ1) is 6.06. The number of nitrogens with one attached hydrogen (secondary N) is 2. The molecule has 0 aliphatic carbocycles. The predicted octanol–water partition coefficient (Wildman–Crippen LogP) is 0.263. The predicted molar refractivity (Wildman–Crippen MR) is 48.6 cm³/mol. The number of sulfonamides is 1. The summed E-state index contributed by atoms with van der Waals surface area (Å²) < 4.78 is 25.3. The van der Waals surface area contributed by atoms with Gasteiger partial charge in [0.15, 0.2) is 5.03 Å². The van der Waals surface area contributed by atoms with E-state index in [0.717, 1.165) is 0 Å². The summed E-state index contributed by atoms with van der Waals surface area (Å²) in [6.45, 7) is 5.17. The van der Waals surface area contributed by atoms with Gasteiger partial charge in [0.1, 0.15) is 0 Å². The number of aromatic amines is 1. The van der Waals surface area contributed by atoms with Crippen LogP contribution in [-0.2, 0) is 10.0 Å². The quantitative estimate of drug-likeness (QED) is 0.686. The Morgan fingerprint density at radius 2 is 2.46 bits per heavy atom. The van der Waals surface area contributed by atoms with Crippen LogP contribution in [0.5, 0.6) is 0 Å². The molecule has 13 heavy (non-hydrogen) atoms. The van der Waals surface area contributed by atoms with Crippen LogP contribution in [0.1, 0.15) is 6.92 Å². The third-order valence-corrected chi connectivity index (χ3v) is 2.94. The van der Waals surface area contributed by atoms with Crippen molar-refractivity contribution < 1.29 is 8.42 Å². The van der Waals surface area contributed by atoms with E-state index in [1.807, 2.05) is 0 Å². The average molecular weight is 201 g/mol. The molecule has 1 rings (SSSR count). The van der Waals surface area contributed by atoms with Crippen LogP contribution < -0.4 is 4.72 Å². The summed E-state index contributed by atoms with van der Waals surface area (Å²) in [5.74, 6) is 0. The van der Waals surface area contributed by atoms with E-state index < -0.39 is 10.0 Å². The molecule has 0 aromatic carbocycles. The molecular weight excluding hydrogens is 190 g/mol. The molecule has 1 unspecified atom stereocenters. The van der Waals surface area contributed by atoms with Crippen LogP contribution in [0.15, 0.2) is 30.2 Å². The number of aromatic nitrogens is 2. The number of hydrogen-bond donors (Lipinski definition) is 2. The Kier molecular flexibility index (Phi) is 2.84. The fraction of sp³-hybridized carbons (Fsp3) is 0.286. The monoisotopic (exact) mass is 201 g/mol. The van der Waals surface area contributed by atoms with Crippen molar-refractivity contribution in [2.75, 3.05) is 0 Å². The SMILES string of the molecule is C=CC(C)NS(=O)(=O)c1cnc[nH]1. The van der Waals surface area contributed by atoms with Crippen LogP contribution in [0.25, 0.3) is 0 Å². The molecule has 2 N–H and O–H groups in total. The molecular formula is C7H11N3O2S. The summed E-state index contributed by atoms with van der Waals surface area (Å²) in [4.78, 5) is 6.13. The van der Waals surface area contributed by atoms with Crippen molar-refractivity contribution in [1.29, 1.82) is 0 Å². The fourth-order valence-electron chi connectivity index (χ4n) is 0.746. The maximum atomic E-state index is 11.4. The Hall–Kier alpha value is -1.14. The standard InChI is InChI=1S/C7H11N3O2S/c1-3-6(2)10-13(11,12)7-4-8-5-9-7/h3-6,10H,1H2,2H3,(H,8,9). The molecule has 0 aliphatic heterocycles. The Balaban J connectivity index is 2.85. The minimum Gasteiger partial charge on any atom is -0.335 e. The van der Waals surface area contributed by atoms with Gasteiger partial charge < -0.3 is 4.98 Å². The summed E-state index contributed by atoms with van der Waals surface area (Å²) in [7, 11) is -3.47. The van der Waals surface area contributed by atoms with Gasteiger partial charge in [0.05, 0.1) is 12.5 Å². The lowest BCUT2D eigenvalue weighted by molar-refractivity contribution is 0.573. The van der Waals surface area contributed by atoms with Crippen LogP contribution in [-0.4, -0.2) is 24.4 Å². The second-order valence-corrected chi connectivity index (χ2v) is 4.24. The van der Waals surface area contributed by atoms with Crippen molar-refractivity contribution >= 4 is 10.0 Å². The molecule has 1 atom stereocenters. The van der Waals surface area contributed by atoms with Crippen LogP contribution in [0, 0.1) is 0 Å². The highest BCUT2D eigenvalue weighted by Gasteiger charge is 2.16. The van der Waals surface area contributed by atoms with Gasteiger partial charge in [-0.3, -0.25) is 0 Å². The van der Waals surface area contributed by atoms with Gasteiger partial charge in [0.25, 0.3) is 10.0 Å². The molecule has 0 fully saturated rings. The lowest BCUT2D eigenvalue weighted by Gasteiger charge is -2.07. The summed E-state index contributed by atoms with van der Waals surface area (Å²) in [5, 5.41) is 0.0567. The largest absolute Gasteiger partial charge is 0.335 e. The molecule has 0 radical (unpaired) electrons. The minimum absolute atomic E-state index is 0.0567. The van der Waals surface area contributed by atoms with Crippen molar-refractivity contribution in [1.82, 2.24) is 14.7 Å². The molecule has 1 aromatic heterocycles. The Morgan fingerprint density at radius 3 is 2.92 bits per heavy atom. The van der Waals surface area contributed by atoms with Gasteiger partial charge in [-0.1, -0.05) is 6.08 Å². The third-order valence-electron chi connectivity index (χ3n) is 1.46. The molecule has 1 heterocycles. The molecule has 0 saturated carbocycles. The molecule has 5 nitrogen and oxygen atoms in total. The molecule has 0 aliphatic rings. The van der Waals surface area contributed by atoms with Gasteiger partial charge in [-0.2, -0.15) is 0 Å². The van der Waals surface area contributed by atoms with Gasteiger partial charge in [-0.05, 0) is 6.92 Å². The lowest BCUT2D eigenvalue weighted by atomic mass is 10.4. The van der Waals surface area contributed by atoms with Gasteiger partial charge in [0.2, 0.25) is 0 Å². The van der Waals surface area contributed by atoms with E-state index in [-0.39, 0.29) is 11.1 Å². The second kappa shape index (κ2) is 3.71. The summed E-state index contributed by atoms with van der Waals surface area (Å²) in [6, 6.07) is -0.298.